The van der Waals surface area contributed by atoms with Crippen LogP contribution in [0.1, 0.15) is 0 Å². The minimum Gasteiger partial charge on any atom is -0.482 e. The zero-order chi connectivity index (χ0) is 19.9. The van der Waals surface area contributed by atoms with Crippen LogP contribution in [0.3, 0.4) is 0 Å². The summed E-state index contributed by atoms with van der Waals surface area (Å²) >= 11 is 0. The van der Waals surface area contributed by atoms with Crippen molar-refractivity contribution in [2.75, 3.05) is 18.5 Å². The van der Waals surface area contributed by atoms with Gasteiger partial charge in [-0.2, -0.15) is 0 Å². The van der Waals surface area contributed by atoms with Crippen LogP contribution >= 0.6 is 0 Å². The van der Waals surface area contributed by atoms with E-state index in [0.29, 0.717) is 0 Å². The van der Waals surface area contributed by atoms with Crippen molar-refractivity contribution < 1.29 is 41.4 Å². The summed E-state index contributed by atoms with van der Waals surface area (Å²) in [6, 6.07) is 9.53. The normalized spacial score (nSPS) is 10.8. The molecule has 2 aromatic carbocycles. The van der Waals surface area contributed by atoms with Crippen molar-refractivity contribution in [2.45, 2.75) is 6.36 Å². The van der Waals surface area contributed by atoms with Crippen molar-refractivity contribution >= 4 is 17.6 Å². The maximum absolute atomic E-state index is 12.9. The molecule has 0 aliphatic heterocycles. The lowest BCUT2D eigenvalue weighted by Crippen LogP contribution is -2.23. The molecule has 0 saturated carbocycles. The second-order valence-corrected chi connectivity index (χ2v) is 5.03. The fraction of sp³-hybridized carbons (Fsp3) is 0.176. The third kappa shape index (κ3) is 7.63. The van der Waals surface area contributed by atoms with E-state index in [-0.39, 0.29) is 11.4 Å². The van der Waals surface area contributed by atoms with E-state index in [4.69, 9.17) is 4.74 Å². The van der Waals surface area contributed by atoms with Crippen molar-refractivity contribution in [1.29, 1.82) is 0 Å². The van der Waals surface area contributed by atoms with Gasteiger partial charge in [-0.25, -0.2) is 9.18 Å². The van der Waals surface area contributed by atoms with Gasteiger partial charge in [-0.1, -0.05) is 6.07 Å². The molecule has 0 atom stereocenters. The Bertz CT molecular complexity index is 793. The second-order valence-electron chi connectivity index (χ2n) is 5.03. The van der Waals surface area contributed by atoms with Gasteiger partial charge in [-0.15, -0.1) is 13.2 Å². The molecule has 27 heavy (non-hydrogen) atoms. The number of benzene rings is 2. The summed E-state index contributed by atoms with van der Waals surface area (Å²) in [5.41, 5.74) is 0.182. The molecular weight excluding hydrogens is 374 g/mol. The molecular formula is C17H13F4NO5. The number of halogens is 4. The summed E-state index contributed by atoms with van der Waals surface area (Å²) in [7, 11) is 0. The van der Waals surface area contributed by atoms with Gasteiger partial charge in [0.25, 0.3) is 5.91 Å². The fourth-order valence-corrected chi connectivity index (χ4v) is 1.82. The molecule has 0 unspecified atom stereocenters. The van der Waals surface area contributed by atoms with Crippen molar-refractivity contribution in [1.82, 2.24) is 0 Å². The van der Waals surface area contributed by atoms with Gasteiger partial charge in [0.15, 0.2) is 13.2 Å². The summed E-state index contributed by atoms with van der Waals surface area (Å²) in [4.78, 5) is 23.2. The van der Waals surface area contributed by atoms with Gasteiger partial charge in [-0.05, 0) is 36.4 Å². The largest absolute Gasteiger partial charge is 0.573 e. The molecule has 1 amide bonds. The van der Waals surface area contributed by atoms with Crippen LogP contribution in [0, 0.1) is 5.82 Å². The third-order valence-corrected chi connectivity index (χ3v) is 2.89. The highest BCUT2D eigenvalue weighted by molar-refractivity contribution is 5.92. The van der Waals surface area contributed by atoms with Crippen molar-refractivity contribution in [2.24, 2.45) is 0 Å². The molecule has 6 nitrogen and oxygen atoms in total. The summed E-state index contributed by atoms with van der Waals surface area (Å²) in [5.74, 6) is -2.42. The number of esters is 1. The molecule has 0 spiro atoms. The Morgan fingerprint density at radius 2 is 1.67 bits per heavy atom. The summed E-state index contributed by atoms with van der Waals surface area (Å²) in [6.45, 7) is -1.16. The van der Waals surface area contributed by atoms with Crippen molar-refractivity contribution in [3.05, 3.63) is 54.3 Å². The molecule has 0 aromatic heterocycles. The van der Waals surface area contributed by atoms with E-state index in [1.165, 1.54) is 30.3 Å². The first-order valence-corrected chi connectivity index (χ1v) is 7.41. The predicted octanol–water partition coefficient (Wildman–Crippen LogP) is 3.29. The molecule has 1 N–H and O–H groups in total. The first-order valence-electron chi connectivity index (χ1n) is 7.41. The standard InChI is InChI=1S/C17H13F4NO5/c18-11-2-1-3-14(8-11)25-10-16(24)26-9-15(23)22-12-4-6-13(7-5-12)27-17(19,20)21/h1-8H,9-10H2,(H,22,23). The molecule has 0 fully saturated rings. The maximum atomic E-state index is 12.9. The first kappa shape index (κ1) is 20.0. The van der Waals surface area contributed by atoms with Crippen LogP contribution in [-0.2, 0) is 14.3 Å². The lowest BCUT2D eigenvalue weighted by molar-refractivity contribution is -0.274. The van der Waals surface area contributed by atoms with Crippen molar-refractivity contribution in [3.63, 3.8) is 0 Å². The Morgan fingerprint density at radius 3 is 2.30 bits per heavy atom. The van der Waals surface area contributed by atoms with Gasteiger partial charge in [0.05, 0.1) is 0 Å². The highest BCUT2D eigenvalue weighted by Gasteiger charge is 2.30. The number of nitrogens with one attached hydrogen (secondary N) is 1. The highest BCUT2D eigenvalue weighted by atomic mass is 19.4. The number of anilines is 1. The maximum Gasteiger partial charge on any atom is 0.573 e. The van der Waals surface area contributed by atoms with Crippen LogP contribution in [0.15, 0.2) is 48.5 Å². The summed E-state index contributed by atoms with van der Waals surface area (Å²) in [5, 5.41) is 2.33. The zero-order valence-electron chi connectivity index (χ0n) is 13.6. The molecule has 144 valence electrons. The quantitative estimate of drug-likeness (QED) is 0.583. The number of alkyl halides is 3. The third-order valence-electron chi connectivity index (χ3n) is 2.89. The van der Waals surface area contributed by atoms with Gasteiger partial charge < -0.3 is 19.5 Å². The van der Waals surface area contributed by atoms with Gasteiger partial charge in [0, 0.05) is 11.8 Å². The van der Waals surface area contributed by atoms with E-state index in [0.717, 1.165) is 18.2 Å². The Balaban J connectivity index is 1.73. The predicted molar refractivity (Wildman–Crippen MR) is 84.6 cm³/mol. The molecule has 2 rings (SSSR count). The van der Waals surface area contributed by atoms with Crippen LogP contribution in [-0.4, -0.2) is 31.5 Å². The number of amides is 1. The zero-order valence-corrected chi connectivity index (χ0v) is 13.6. The topological polar surface area (TPSA) is 73.9 Å². The van der Waals surface area contributed by atoms with E-state index in [1.54, 1.807) is 0 Å². The number of hydrogen-bond donors (Lipinski definition) is 1. The summed E-state index contributed by atoms with van der Waals surface area (Å²) < 4.78 is 62.5. The monoisotopic (exact) mass is 387 g/mol. The van der Waals surface area contributed by atoms with Gasteiger partial charge in [0.2, 0.25) is 0 Å². The fourth-order valence-electron chi connectivity index (χ4n) is 1.82. The Kier molecular flexibility index (Phi) is 6.58. The molecule has 0 saturated heterocycles. The highest BCUT2D eigenvalue weighted by Crippen LogP contribution is 2.23. The minimum absolute atomic E-state index is 0.123. The Labute approximate surface area is 150 Å². The van der Waals surface area contributed by atoms with Crippen LogP contribution in [0.2, 0.25) is 0 Å². The molecule has 0 heterocycles. The molecule has 2 aromatic rings. The first-order chi connectivity index (χ1) is 12.7. The number of ether oxygens (including phenoxy) is 3. The SMILES string of the molecule is O=C(COC(=O)COc1cccc(F)c1)Nc1ccc(OC(F)(F)F)cc1. The van der Waals surface area contributed by atoms with E-state index in [9.17, 15) is 27.2 Å². The second kappa shape index (κ2) is 8.88. The lowest BCUT2D eigenvalue weighted by Gasteiger charge is -2.10. The Morgan fingerprint density at radius 1 is 0.963 bits per heavy atom. The van der Waals surface area contributed by atoms with Crippen LogP contribution in [0.25, 0.3) is 0 Å². The van der Waals surface area contributed by atoms with E-state index in [2.05, 4.69) is 14.8 Å². The number of hydrogen-bond acceptors (Lipinski definition) is 5. The average Bonchev–Trinajstić information content (AvgIpc) is 2.59. The molecule has 10 heteroatoms. The molecule has 0 radical (unpaired) electrons. The average molecular weight is 387 g/mol. The van der Waals surface area contributed by atoms with Crippen LogP contribution in [0.5, 0.6) is 11.5 Å². The van der Waals surface area contributed by atoms with Crippen LogP contribution < -0.4 is 14.8 Å². The molecule has 0 aliphatic rings. The van der Waals surface area contributed by atoms with Gasteiger partial charge in [-0.3, -0.25) is 4.79 Å². The molecule has 0 aliphatic carbocycles. The van der Waals surface area contributed by atoms with E-state index >= 15 is 0 Å². The lowest BCUT2D eigenvalue weighted by atomic mass is 10.3. The Hall–Kier alpha value is -3.30. The summed E-state index contributed by atoms with van der Waals surface area (Å²) in [6.07, 6.45) is -4.81. The minimum atomic E-state index is -4.81. The van der Waals surface area contributed by atoms with Crippen LogP contribution in [0.4, 0.5) is 23.2 Å². The van der Waals surface area contributed by atoms with Gasteiger partial charge in [0.1, 0.15) is 17.3 Å². The smallest absolute Gasteiger partial charge is 0.482 e. The van der Waals surface area contributed by atoms with Gasteiger partial charge >= 0.3 is 12.3 Å². The molecule has 0 bridgehead atoms. The number of carbonyl (C=O) groups excluding carboxylic acids is 2. The van der Waals surface area contributed by atoms with Crippen molar-refractivity contribution in [3.8, 4) is 11.5 Å². The van der Waals surface area contributed by atoms with E-state index < -0.39 is 43.0 Å². The van der Waals surface area contributed by atoms with E-state index in [1.807, 2.05) is 0 Å². The number of carbonyl (C=O) groups is 2. The number of rotatable bonds is 7.